The van der Waals surface area contributed by atoms with Crippen LogP contribution in [0.3, 0.4) is 0 Å². The highest BCUT2D eigenvalue weighted by molar-refractivity contribution is 5.90. The van der Waals surface area contributed by atoms with Crippen molar-refractivity contribution in [2.75, 3.05) is 32.0 Å². The molecule has 0 radical (unpaired) electrons. The summed E-state index contributed by atoms with van der Waals surface area (Å²) >= 11 is 0. The summed E-state index contributed by atoms with van der Waals surface area (Å²) in [7, 11) is 1.69. The van der Waals surface area contributed by atoms with Crippen LogP contribution in [0.4, 0.5) is 5.69 Å². The van der Waals surface area contributed by atoms with E-state index in [0.29, 0.717) is 25.3 Å². The smallest absolute Gasteiger partial charge is 0.224 e. The Morgan fingerprint density at radius 1 is 1.17 bits per heavy atom. The summed E-state index contributed by atoms with van der Waals surface area (Å²) in [6.45, 7) is 7.23. The summed E-state index contributed by atoms with van der Waals surface area (Å²) in [5, 5.41) is 9.03. The Kier molecular flexibility index (Phi) is 9.47. The van der Waals surface area contributed by atoms with E-state index < -0.39 is 0 Å². The summed E-state index contributed by atoms with van der Waals surface area (Å²) in [6.07, 6.45) is 3.96. The molecule has 0 spiro atoms. The van der Waals surface area contributed by atoms with Gasteiger partial charge in [-0.1, -0.05) is 19.1 Å². The molecule has 7 heteroatoms. The number of hydrogen-bond donors (Lipinski definition) is 3. The zero-order chi connectivity index (χ0) is 21.1. The molecule has 2 rings (SSSR count). The minimum absolute atomic E-state index is 0.0427. The molecule has 0 aliphatic carbocycles. The maximum absolute atomic E-state index is 11.8. The molecular weight excluding hydrogens is 366 g/mol. The number of aliphatic imine (C=N–C) groups is 1. The molecule has 0 atom stereocenters. The second-order valence-electron chi connectivity index (χ2n) is 7.48. The number of carbonyl (C=O) groups is 2. The first-order valence-electron chi connectivity index (χ1n) is 10.7. The van der Waals surface area contributed by atoms with Gasteiger partial charge in [-0.05, 0) is 49.8 Å². The molecule has 1 fully saturated rings. The van der Waals surface area contributed by atoms with Gasteiger partial charge in [0.15, 0.2) is 5.96 Å². The van der Waals surface area contributed by atoms with Crippen molar-refractivity contribution in [3.8, 4) is 0 Å². The van der Waals surface area contributed by atoms with Crippen LogP contribution >= 0.6 is 0 Å². The van der Waals surface area contributed by atoms with Gasteiger partial charge in [-0.25, -0.2) is 4.99 Å². The number of rotatable bonds is 8. The third-order valence-corrected chi connectivity index (χ3v) is 5.10. The number of hydrogen-bond acceptors (Lipinski definition) is 3. The average Bonchev–Trinajstić information content (AvgIpc) is 2.72. The predicted molar refractivity (Wildman–Crippen MR) is 118 cm³/mol. The van der Waals surface area contributed by atoms with Gasteiger partial charge in [-0.15, -0.1) is 0 Å². The Hall–Kier alpha value is -2.57. The highest BCUT2D eigenvalue weighted by Crippen LogP contribution is 2.21. The Morgan fingerprint density at radius 2 is 1.93 bits per heavy atom. The second-order valence-corrected chi connectivity index (χ2v) is 7.48. The molecule has 0 aromatic heterocycles. The molecule has 0 unspecified atom stereocenters. The number of anilines is 1. The van der Waals surface area contributed by atoms with Crippen LogP contribution in [0.5, 0.6) is 0 Å². The third kappa shape index (κ3) is 7.75. The summed E-state index contributed by atoms with van der Waals surface area (Å²) in [5.41, 5.74) is 1.88. The van der Waals surface area contributed by atoms with Crippen LogP contribution in [0.25, 0.3) is 0 Å². The lowest BCUT2D eigenvalue weighted by Crippen LogP contribution is -2.46. The Labute approximate surface area is 174 Å². The first-order valence-corrected chi connectivity index (χ1v) is 10.7. The fraction of sp³-hybridized carbons (Fsp3) is 0.591. The van der Waals surface area contributed by atoms with Gasteiger partial charge in [0.1, 0.15) is 0 Å². The van der Waals surface area contributed by atoms with E-state index in [2.05, 4.69) is 27.8 Å². The van der Waals surface area contributed by atoms with Crippen molar-refractivity contribution in [3.63, 3.8) is 0 Å². The molecule has 1 heterocycles. The van der Waals surface area contributed by atoms with Crippen LogP contribution in [0.15, 0.2) is 29.3 Å². The van der Waals surface area contributed by atoms with Crippen LogP contribution in [-0.2, 0) is 16.1 Å². The van der Waals surface area contributed by atoms with Gasteiger partial charge in [0.2, 0.25) is 11.8 Å². The quantitative estimate of drug-likeness (QED) is 0.462. The summed E-state index contributed by atoms with van der Waals surface area (Å²) < 4.78 is 0. The molecule has 7 nitrogen and oxygen atoms in total. The van der Waals surface area contributed by atoms with Gasteiger partial charge < -0.3 is 20.9 Å². The number of carbonyl (C=O) groups excluding carboxylic acids is 2. The zero-order valence-corrected chi connectivity index (χ0v) is 18.0. The maximum Gasteiger partial charge on any atom is 0.224 e. The van der Waals surface area contributed by atoms with Crippen molar-refractivity contribution < 1.29 is 9.59 Å². The molecule has 160 valence electrons. The van der Waals surface area contributed by atoms with Gasteiger partial charge >= 0.3 is 0 Å². The van der Waals surface area contributed by atoms with Gasteiger partial charge in [0.05, 0.1) is 6.54 Å². The van der Waals surface area contributed by atoms with Crippen LogP contribution < -0.4 is 16.0 Å². The Bertz CT molecular complexity index is 696. The maximum atomic E-state index is 11.8. The van der Waals surface area contributed by atoms with E-state index in [-0.39, 0.29) is 11.8 Å². The van der Waals surface area contributed by atoms with E-state index >= 15 is 0 Å². The van der Waals surface area contributed by atoms with Crippen molar-refractivity contribution in [3.05, 3.63) is 29.8 Å². The molecule has 1 saturated heterocycles. The van der Waals surface area contributed by atoms with Crippen LogP contribution in [0, 0.1) is 5.92 Å². The van der Waals surface area contributed by atoms with E-state index in [1.165, 1.54) is 0 Å². The zero-order valence-electron chi connectivity index (χ0n) is 18.0. The number of piperidine rings is 1. The van der Waals surface area contributed by atoms with Crippen LogP contribution in [-0.4, -0.2) is 49.4 Å². The van der Waals surface area contributed by atoms with Crippen molar-refractivity contribution in [2.45, 2.75) is 52.5 Å². The van der Waals surface area contributed by atoms with E-state index in [4.69, 9.17) is 4.99 Å². The average molecular weight is 402 g/mol. The number of likely N-dealkylation sites (tertiary alicyclic amines) is 1. The first kappa shape index (κ1) is 22.7. The van der Waals surface area contributed by atoms with Crippen LogP contribution in [0.1, 0.15) is 51.5 Å². The molecule has 29 heavy (non-hydrogen) atoms. The fourth-order valence-electron chi connectivity index (χ4n) is 3.50. The lowest BCUT2D eigenvalue weighted by molar-refractivity contribution is -0.121. The summed E-state index contributed by atoms with van der Waals surface area (Å²) in [4.78, 5) is 30.5. The Balaban J connectivity index is 1.95. The van der Waals surface area contributed by atoms with Gasteiger partial charge in [0, 0.05) is 45.2 Å². The van der Waals surface area contributed by atoms with Gasteiger partial charge in [-0.2, -0.15) is 0 Å². The topological polar surface area (TPSA) is 85.8 Å². The van der Waals surface area contributed by atoms with E-state index in [1.807, 2.05) is 31.2 Å². The van der Waals surface area contributed by atoms with E-state index in [9.17, 15) is 9.59 Å². The molecule has 1 aliphatic rings. The van der Waals surface area contributed by atoms with Gasteiger partial charge in [-0.3, -0.25) is 9.59 Å². The number of guanidine groups is 1. The highest BCUT2D eigenvalue weighted by atomic mass is 16.2. The monoisotopic (exact) mass is 401 g/mol. The number of nitrogens with one attached hydrogen (secondary N) is 3. The number of amides is 2. The minimum Gasteiger partial charge on any atom is -0.359 e. The van der Waals surface area contributed by atoms with Crippen molar-refractivity contribution in [1.29, 1.82) is 0 Å². The largest absolute Gasteiger partial charge is 0.359 e. The lowest BCUT2D eigenvalue weighted by Gasteiger charge is -2.34. The molecule has 1 aromatic carbocycles. The molecule has 0 saturated carbocycles. The lowest BCUT2D eigenvalue weighted by atomic mass is 9.93. The number of benzene rings is 1. The van der Waals surface area contributed by atoms with Crippen molar-refractivity contribution in [1.82, 2.24) is 15.5 Å². The normalized spacial score (nSPS) is 15.1. The first-order chi connectivity index (χ1) is 14.0. The number of nitrogens with zero attached hydrogens (tertiary/aromatic N) is 2. The van der Waals surface area contributed by atoms with Crippen LogP contribution in [0.2, 0.25) is 0 Å². The second kappa shape index (κ2) is 12.1. The Morgan fingerprint density at radius 3 is 2.59 bits per heavy atom. The van der Waals surface area contributed by atoms with Crippen molar-refractivity contribution in [2.24, 2.45) is 10.9 Å². The molecule has 0 bridgehead atoms. The minimum atomic E-state index is 0.0427. The SMILES string of the molecule is CCCC(=O)Nc1cccc(CN=C(NCC)N2CCC(CC(=O)NC)CC2)c1. The molecule has 1 aromatic rings. The summed E-state index contributed by atoms with van der Waals surface area (Å²) in [5.74, 6) is 1.51. The molecule has 2 amide bonds. The fourth-order valence-corrected chi connectivity index (χ4v) is 3.50. The van der Waals surface area contributed by atoms with Gasteiger partial charge in [0.25, 0.3) is 0 Å². The van der Waals surface area contributed by atoms with E-state index in [0.717, 1.165) is 56.1 Å². The molecule has 3 N–H and O–H groups in total. The molecular formula is C22H35N5O2. The highest BCUT2D eigenvalue weighted by Gasteiger charge is 2.23. The predicted octanol–water partition coefficient (Wildman–Crippen LogP) is 2.74. The standard InChI is InChI=1S/C22H35N5O2/c1-4-7-20(28)26-19-9-6-8-18(14-19)16-25-22(24-5-2)27-12-10-17(11-13-27)15-21(29)23-3/h6,8-9,14,17H,4-5,7,10-13,15-16H2,1-3H3,(H,23,29)(H,24,25)(H,26,28). The van der Waals surface area contributed by atoms with E-state index in [1.54, 1.807) is 7.05 Å². The molecule has 1 aliphatic heterocycles. The van der Waals surface area contributed by atoms with Crippen molar-refractivity contribution >= 4 is 23.5 Å². The summed E-state index contributed by atoms with van der Waals surface area (Å²) in [6, 6.07) is 7.86. The third-order valence-electron chi connectivity index (χ3n) is 5.10.